The molecule has 0 saturated heterocycles. The highest BCUT2D eigenvalue weighted by molar-refractivity contribution is 6.38. The number of carbonyl (C=O) groups excluding carboxylic acids is 4. The zero-order valence-electron chi connectivity index (χ0n) is 22.2. The van der Waals surface area contributed by atoms with Crippen LogP contribution in [0.2, 0.25) is 0 Å². The number of hydrogen-bond acceptors (Lipinski definition) is 5. The van der Waals surface area contributed by atoms with Gasteiger partial charge < -0.3 is 16.4 Å². The highest BCUT2D eigenvalue weighted by atomic mass is 16.2. The molecule has 40 heavy (non-hydrogen) atoms. The van der Waals surface area contributed by atoms with Gasteiger partial charge in [-0.1, -0.05) is 72.8 Å². The van der Waals surface area contributed by atoms with Crippen LogP contribution < -0.4 is 16.4 Å². The maximum atomic E-state index is 13.3. The molecular weight excluding hydrogens is 506 g/mol. The van der Waals surface area contributed by atoms with Crippen molar-refractivity contribution in [3.8, 4) is 5.69 Å². The molecule has 4 aromatic rings. The quantitative estimate of drug-likeness (QED) is 0.239. The summed E-state index contributed by atoms with van der Waals surface area (Å²) in [5, 5.41) is 10.0. The van der Waals surface area contributed by atoms with Gasteiger partial charge in [-0.2, -0.15) is 5.10 Å². The Morgan fingerprint density at radius 2 is 1.48 bits per heavy atom. The monoisotopic (exact) mass is 537 g/mol. The van der Waals surface area contributed by atoms with Crippen molar-refractivity contribution >= 4 is 23.5 Å². The molecule has 0 aliphatic carbocycles. The lowest BCUT2D eigenvalue weighted by Crippen LogP contribution is -2.47. The number of amides is 3. The van der Waals surface area contributed by atoms with E-state index in [2.05, 4.69) is 15.7 Å². The second-order valence-electron chi connectivity index (χ2n) is 9.46. The number of primary amides is 1. The van der Waals surface area contributed by atoms with Gasteiger partial charge in [0.2, 0.25) is 11.7 Å². The van der Waals surface area contributed by atoms with E-state index in [0.29, 0.717) is 30.8 Å². The fraction of sp³-hybridized carbons (Fsp3) is 0.194. The Morgan fingerprint density at radius 1 is 0.850 bits per heavy atom. The first-order valence-corrected chi connectivity index (χ1v) is 12.9. The Morgan fingerprint density at radius 3 is 2.10 bits per heavy atom. The van der Waals surface area contributed by atoms with E-state index < -0.39 is 23.6 Å². The highest BCUT2D eigenvalue weighted by Gasteiger charge is 2.27. The van der Waals surface area contributed by atoms with E-state index in [1.165, 1.54) is 4.68 Å². The highest BCUT2D eigenvalue weighted by Crippen LogP contribution is 2.15. The lowest BCUT2D eigenvalue weighted by atomic mass is 10.0. The summed E-state index contributed by atoms with van der Waals surface area (Å²) in [6.45, 7) is 2.12. The molecule has 4 rings (SSSR count). The Kier molecular flexibility index (Phi) is 9.19. The van der Waals surface area contributed by atoms with Gasteiger partial charge in [-0.15, -0.1) is 0 Å². The number of nitrogens with one attached hydrogen (secondary N) is 2. The van der Waals surface area contributed by atoms with Crippen LogP contribution in [0.1, 0.15) is 39.3 Å². The Bertz CT molecular complexity index is 1480. The van der Waals surface area contributed by atoms with Crippen molar-refractivity contribution in [2.45, 2.75) is 38.8 Å². The minimum atomic E-state index is -1.12. The van der Waals surface area contributed by atoms with E-state index in [1.54, 1.807) is 49.4 Å². The number of carbonyl (C=O) groups is 4. The molecule has 9 nitrogen and oxygen atoms in total. The fourth-order valence-corrected chi connectivity index (χ4v) is 4.27. The fourth-order valence-electron chi connectivity index (χ4n) is 4.27. The van der Waals surface area contributed by atoms with Crippen LogP contribution in [0.3, 0.4) is 0 Å². The van der Waals surface area contributed by atoms with Gasteiger partial charge in [0.05, 0.1) is 11.4 Å². The molecule has 0 unspecified atom stereocenters. The number of aromatic nitrogens is 2. The molecule has 0 aliphatic rings. The molecule has 0 radical (unpaired) electrons. The van der Waals surface area contributed by atoms with E-state index >= 15 is 0 Å². The first-order valence-electron chi connectivity index (χ1n) is 12.9. The Balaban J connectivity index is 1.41. The number of hydrogen-bond donors (Lipinski definition) is 3. The van der Waals surface area contributed by atoms with Crippen molar-refractivity contribution < 1.29 is 19.2 Å². The van der Waals surface area contributed by atoms with E-state index in [1.807, 2.05) is 48.5 Å². The predicted molar refractivity (Wildman–Crippen MR) is 151 cm³/mol. The van der Waals surface area contributed by atoms with Crippen LogP contribution in [-0.4, -0.2) is 39.3 Å². The van der Waals surface area contributed by atoms with Crippen LogP contribution in [0.25, 0.3) is 5.69 Å². The van der Waals surface area contributed by atoms with Gasteiger partial charge in [-0.05, 0) is 48.2 Å². The van der Waals surface area contributed by atoms with Crippen LogP contribution >= 0.6 is 0 Å². The van der Waals surface area contributed by atoms with Gasteiger partial charge in [0.25, 0.3) is 11.8 Å². The van der Waals surface area contributed by atoms with Crippen molar-refractivity contribution in [2.75, 3.05) is 0 Å². The lowest BCUT2D eigenvalue weighted by molar-refractivity contribution is -0.137. The summed E-state index contributed by atoms with van der Waals surface area (Å²) in [5.74, 6) is -2.60. The first-order chi connectivity index (χ1) is 19.3. The van der Waals surface area contributed by atoms with Crippen molar-refractivity contribution in [1.82, 2.24) is 20.4 Å². The van der Waals surface area contributed by atoms with Gasteiger partial charge >= 0.3 is 0 Å². The molecule has 0 spiro atoms. The Labute approximate surface area is 232 Å². The molecule has 0 saturated carbocycles. The first kappa shape index (κ1) is 28.0. The number of nitrogens with two attached hydrogens (primary N) is 1. The molecular formula is C31H31N5O4. The maximum absolute atomic E-state index is 13.3. The largest absolute Gasteiger partial charge is 0.363 e. The minimum absolute atomic E-state index is 0.0369. The summed E-state index contributed by atoms with van der Waals surface area (Å²) in [7, 11) is 0. The molecule has 0 bridgehead atoms. The predicted octanol–water partition coefficient (Wildman–Crippen LogP) is 2.83. The minimum Gasteiger partial charge on any atom is -0.363 e. The maximum Gasteiger partial charge on any atom is 0.287 e. The van der Waals surface area contributed by atoms with Crippen molar-refractivity contribution in [1.29, 1.82) is 0 Å². The van der Waals surface area contributed by atoms with Crippen molar-refractivity contribution in [3.63, 3.8) is 0 Å². The van der Waals surface area contributed by atoms with E-state index in [0.717, 1.165) is 16.7 Å². The number of ketones is 1. The smallest absolute Gasteiger partial charge is 0.287 e. The summed E-state index contributed by atoms with van der Waals surface area (Å²) in [5.41, 5.74) is 9.45. The molecule has 1 atom stereocenters. The molecule has 204 valence electrons. The molecule has 1 heterocycles. The summed E-state index contributed by atoms with van der Waals surface area (Å²) < 4.78 is 1.47. The number of nitrogens with zero attached hydrogens (tertiary/aromatic N) is 2. The third-order valence-corrected chi connectivity index (χ3v) is 6.37. The van der Waals surface area contributed by atoms with Crippen LogP contribution in [0, 0.1) is 6.92 Å². The summed E-state index contributed by atoms with van der Waals surface area (Å²) in [6.07, 6.45) is 1.19. The van der Waals surface area contributed by atoms with Crippen LogP contribution in [0.5, 0.6) is 0 Å². The van der Waals surface area contributed by atoms with E-state index in [-0.39, 0.29) is 18.0 Å². The molecule has 3 amide bonds. The average Bonchev–Trinajstić information content (AvgIpc) is 3.37. The van der Waals surface area contributed by atoms with Crippen LogP contribution in [-0.2, 0) is 33.8 Å². The van der Waals surface area contributed by atoms with Gasteiger partial charge in [-0.25, -0.2) is 4.68 Å². The SMILES string of the molecule is Cc1cc(C(=O)N[C@@H](Cc2ccccc2)C(=O)C(N)=O)n(-c2ccc(CNC(=O)CCc3ccccc3)cc2)n1. The topological polar surface area (TPSA) is 136 Å². The number of aryl methyl sites for hydroxylation is 2. The molecule has 4 N–H and O–H groups in total. The molecule has 1 aromatic heterocycles. The summed E-state index contributed by atoms with van der Waals surface area (Å²) in [6, 6.07) is 26.7. The summed E-state index contributed by atoms with van der Waals surface area (Å²) in [4.78, 5) is 49.7. The van der Waals surface area contributed by atoms with Crippen LogP contribution in [0.4, 0.5) is 0 Å². The Hall–Kier alpha value is -5.05. The lowest BCUT2D eigenvalue weighted by Gasteiger charge is -2.17. The standard InChI is InChI=1S/C31H31N5O4/c1-21-18-27(31(40)34-26(29(38)30(32)39)19-23-10-6-3-7-11-23)36(35-21)25-15-12-24(13-16-25)20-33-28(37)17-14-22-8-4-2-5-9-22/h2-13,15-16,18,26H,14,17,19-20H2,1H3,(H2,32,39)(H,33,37)(H,34,40)/t26-/m0/s1. The van der Waals surface area contributed by atoms with E-state index in [4.69, 9.17) is 5.73 Å². The number of Topliss-reactive ketones (excluding diaryl/α,β-unsaturated/α-hetero) is 1. The van der Waals surface area contributed by atoms with Crippen molar-refractivity contribution in [3.05, 3.63) is 119 Å². The van der Waals surface area contributed by atoms with E-state index in [9.17, 15) is 19.2 Å². The number of rotatable bonds is 12. The normalized spacial score (nSPS) is 11.4. The second-order valence-corrected chi connectivity index (χ2v) is 9.46. The number of benzene rings is 3. The van der Waals surface area contributed by atoms with Gasteiger partial charge in [0.1, 0.15) is 11.7 Å². The average molecular weight is 538 g/mol. The molecule has 9 heteroatoms. The van der Waals surface area contributed by atoms with Gasteiger partial charge in [-0.3, -0.25) is 19.2 Å². The van der Waals surface area contributed by atoms with Crippen LogP contribution in [0.15, 0.2) is 91.0 Å². The zero-order chi connectivity index (χ0) is 28.5. The molecule has 3 aromatic carbocycles. The third-order valence-electron chi connectivity index (χ3n) is 6.37. The van der Waals surface area contributed by atoms with Crippen molar-refractivity contribution in [2.24, 2.45) is 5.73 Å². The molecule has 0 aliphatic heterocycles. The zero-order valence-corrected chi connectivity index (χ0v) is 22.2. The second kappa shape index (κ2) is 13.1. The molecule has 0 fully saturated rings. The van der Waals surface area contributed by atoms with Gasteiger partial charge in [0.15, 0.2) is 0 Å². The third kappa shape index (κ3) is 7.50. The van der Waals surface area contributed by atoms with Gasteiger partial charge in [0, 0.05) is 19.4 Å². The summed E-state index contributed by atoms with van der Waals surface area (Å²) >= 11 is 0.